The van der Waals surface area contributed by atoms with Gasteiger partial charge in [0.1, 0.15) is 0 Å². The molecule has 1 aromatic carbocycles. The quantitative estimate of drug-likeness (QED) is 0.818. The predicted molar refractivity (Wildman–Crippen MR) is 93.7 cm³/mol. The molecule has 126 valence electrons. The van der Waals surface area contributed by atoms with Gasteiger partial charge in [0.25, 0.3) is 0 Å². The Labute approximate surface area is 143 Å². The fraction of sp³-hybridized carbons (Fsp3) is 0.556. The first-order valence-electron chi connectivity index (χ1n) is 8.36. The first-order chi connectivity index (χ1) is 11.0. The van der Waals surface area contributed by atoms with Crippen LogP contribution in [0.4, 0.5) is 5.69 Å². The summed E-state index contributed by atoms with van der Waals surface area (Å²) in [4.78, 5) is 28.1. The second-order valence-electron chi connectivity index (χ2n) is 6.04. The van der Waals surface area contributed by atoms with Crippen molar-refractivity contribution in [3.05, 3.63) is 29.3 Å². The largest absolute Gasteiger partial charge is 0.340 e. The monoisotopic (exact) mass is 336 g/mol. The van der Waals surface area contributed by atoms with Gasteiger partial charge in [0.15, 0.2) is 0 Å². The molecule has 1 aromatic rings. The predicted octanol–water partition coefficient (Wildman–Crippen LogP) is 3.87. The molecule has 5 heteroatoms. The number of hydrogen-bond donors (Lipinski definition) is 0. The van der Waals surface area contributed by atoms with Crippen LogP contribution in [0.2, 0.25) is 5.02 Å². The van der Waals surface area contributed by atoms with Crippen LogP contribution in [0.3, 0.4) is 0 Å². The van der Waals surface area contributed by atoms with Gasteiger partial charge in [-0.2, -0.15) is 0 Å². The van der Waals surface area contributed by atoms with Gasteiger partial charge in [-0.25, -0.2) is 0 Å². The van der Waals surface area contributed by atoms with Gasteiger partial charge < -0.3 is 9.80 Å². The van der Waals surface area contributed by atoms with Crippen LogP contribution in [-0.2, 0) is 9.59 Å². The third kappa shape index (κ3) is 4.71. The Balaban J connectivity index is 1.99. The highest BCUT2D eigenvalue weighted by Gasteiger charge is 2.25. The summed E-state index contributed by atoms with van der Waals surface area (Å²) in [5.74, 6) is 0.0857. The van der Waals surface area contributed by atoms with Crippen LogP contribution in [0, 0.1) is 0 Å². The Bertz CT molecular complexity index is 544. The number of benzene rings is 1. The molecule has 1 saturated heterocycles. The van der Waals surface area contributed by atoms with Crippen LogP contribution < -0.4 is 4.90 Å². The van der Waals surface area contributed by atoms with E-state index in [-0.39, 0.29) is 11.8 Å². The minimum Gasteiger partial charge on any atom is -0.340 e. The van der Waals surface area contributed by atoms with Gasteiger partial charge in [-0.15, -0.1) is 0 Å². The first-order valence-corrected chi connectivity index (χ1v) is 8.74. The van der Waals surface area contributed by atoms with Crippen LogP contribution in [0.25, 0.3) is 0 Å². The lowest BCUT2D eigenvalue weighted by molar-refractivity contribution is -0.134. The molecule has 0 spiro atoms. The lowest BCUT2D eigenvalue weighted by atomic mass is 9.99. The molecule has 1 unspecified atom stereocenters. The summed E-state index contributed by atoms with van der Waals surface area (Å²) in [6.45, 7) is 4.90. The lowest BCUT2D eigenvalue weighted by Crippen LogP contribution is -2.44. The van der Waals surface area contributed by atoms with E-state index in [1.807, 2.05) is 17.0 Å². The zero-order chi connectivity index (χ0) is 16.8. The van der Waals surface area contributed by atoms with Crippen molar-refractivity contribution in [2.75, 3.05) is 18.0 Å². The topological polar surface area (TPSA) is 40.6 Å². The Hall–Kier alpha value is -1.55. The highest BCUT2D eigenvalue weighted by Crippen LogP contribution is 2.22. The number of anilines is 1. The van der Waals surface area contributed by atoms with Gasteiger partial charge >= 0.3 is 0 Å². The second-order valence-corrected chi connectivity index (χ2v) is 6.48. The van der Waals surface area contributed by atoms with Crippen molar-refractivity contribution < 1.29 is 9.59 Å². The van der Waals surface area contributed by atoms with E-state index in [0.29, 0.717) is 24.0 Å². The molecule has 1 aliphatic heterocycles. The van der Waals surface area contributed by atoms with Crippen molar-refractivity contribution in [3.8, 4) is 0 Å². The van der Waals surface area contributed by atoms with Crippen molar-refractivity contribution in [2.24, 2.45) is 0 Å². The van der Waals surface area contributed by atoms with Crippen LogP contribution in [-0.4, -0.2) is 35.8 Å². The average Bonchev–Trinajstić information content (AvgIpc) is 2.56. The van der Waals surface area contributed by atoms with Gasteiger partial charge in [-0.1, -0.05) is 18.5 Å². The van der Waals surface area contributed by atoms with Crippen LogP contribution in [0.5, 0.6) is 0 Å². The van der Waals surface area contributed by atoms with Crippen molar-refractivity contribution in [1.82, 2.24) is 4.90 Å². The number of carbonyl (C=O) groups excluding carboxylic acids is 2. The fourth-order valence-electron chi connectivity index (χ4n) is 3.19. The fourth-order valence-corrected chi connectivity index (χ4v) is 3.32. The molecule has 1 fully saturated rings. The number of halogens is 1. The summed E-state index contributed by atoms with van der Waals surface area (Å²) in [6.07, 6.45) is 4.73. The van der Waals surface area contributed by atoms with Crippen molar-refractivity contribution in [2.45, 2.75) is 52.0 Å². The normalized spacial score (nSPS) is 17.9. The molecule has 0 N–H and O–H groups in total. The van der Waals surface area contributed by atoms with E-state index < -0.39 is 0 Å². The van der Waals surface area contributed by atoms with E-state index in [1.54, 1.807) is 17.0 Å². The lowest BCUT2D eigenvalue weighted by Gasteiger charge is -2.35. The Morgan fingerprint density at radius 1 is 1.26 bits per heavy atom. The zero-order valence-electron chi connectivity index (χ0n) is 13.9. The average molecular weight is 337 g/mol. The summed E-state index contributed by atoms with van der Waals surface area (Å²) in [6, 6.07) is 7.49. The maximum atomic E-state index is 12.5. The number of nitrogens with zero attached hydrogens (tertiary/aromatic N) is 2. The van der Waals surface area contributed by atoms with Crippen LogP contribution >= 0.6 is 11.6 Å². The standard InChI is InChI=1S/C18H25ClN2O2/c1-3-16-6-4-5-12-21(16)18(23)11-13-20(14(2)22)17-9-7-15(19)8-10-17/h7-10,16H,3-6,11-13H2,1-2H3. The zero-order valence-corrected chi connectivity index (χ0v) is 14.7. The molecule has 1 heterocycles. The molecular weight excluding hydrogens is 312 g/mol. The van der Waals surface area contributed by atoms with Crippen LogP contribution in [0.1, 0.15) is 46.0 Å². The maximum absolute atomic E-state index is 12.5. The van der Waals surface area contributed by atoms with E-state index in [2.05, 4.69) is 6.92 Å². The van der Waals surface area contributed by atoms with Crippen molar-refractivity contribution in [3.63, 3.8) is 0 Å². The molecule has 0 saturated carbocycles. The molecule has 1 atom stereocenters. The molecule has 2 amide bonds. The first kappa shape index (κ1) is 17.8. The second kappa shape index (κ2) is 8.34. The number of piperidine rings is 1. The third-order valence-electron chi connectivity index (χ3n) is 4.49. The minimum absolute atomic E-state index is 0.0641. The summed E-state index contributed by atoms with van der Waals surface area (Å²) >= 11 is 5.89. The van der Waals surface area contributed by atoms with E-state index in [1.165, 1.54) is 13.3 Å². The van der Waals surface area contributed by atoms with E-state index >= 15 is 0 Å². The summed E-state index contributed by atoms with van der Waals surface area (Å²) in [5.41, 5.74) is 0.778. The smallest absolute Gasteiger partial charge is 0.224 e. The Morgan fingerprint density at radius 2 is 1.96 bits per heavy atom. The maximum Gasteiger partial charge on any atom is 0.224 e. The van der Waals surface area contributed by atoms with Crippen molar-refractivity contribution >= 4 is 29.1 Å². The van der Waals surface area contributed by atoms with Gasteiger partial charge in [0.2, 0.25) is 11.8 Å². The Kier molecular flexibility index (Phi) is 6.46. The molecule has 0 radical (unpaired) electrons. The molecule has 1 aliphatic rings. The molecular formula is C18H25ClN2O2. The van der Waals surface area contributed by atoms with Gasteiger partial charge in [0.05, 0.1) is 0 Å². The highest BCUT2D eigenvalue weighted by atomic mass is 35.5. The number of carbonyl (C=O) groups is 2. The Morgan fingerprint density at radius 3 is 2.57 bits per heavy atom. The van der Waals surface area contributed by atoms with Gasteiger partial charge in [-0.05, 0) is 49.9 Å². The number of amides is 2. The van der Waals surface area contributed by atoms with Crippen molar-refractivity contribution in [1.29, 1.82) is 0 Å². The number of likely N-dealkylation sites (tertiary alicyclic amines) is 1. The minimum atomic E-state index is -0.0641. The third-order valence-corrected chi connectivity index (χ3v) is 4.74. The molecule has 0 aromatic heterocycles. The number of hydrogen-bond acceptors (Lipinski definition) is 2. The van der Waals surface area contributed by atoms with E-state index in [4.69, 9.17) is 11.6 Å². The van der Waals surface area contributed by atoms with E-state index in [0.717, 1.165) is 31.5 Å². The number of rotatable bonds is 5. The summed E-state index contributed by atoms with van der Waals surface area (Å²) in [5, 5.41) is 0.632. The highest BCUT2D eigenvalue weighted by molar-refractivity contribution is 6.30. The molecule has 23 heavy (non-hydrogen) atoms. The molecule has 2 rings (SSSR count). The summed E-state index contributed by atoms with van der Waals surface area (Å²) < 4.78 is 0. The SMILES string of the molecule is CCC1CCCCN1C(=O)CCN(C(C)=O)c1ccc(Cl)cc1. The molecule has 0 bridgehead atoms. The van der Waals surface area contributed by atoms with E-state index in [9.17, 15) is 9.59 Å². The van der Waals surface area contributed by atoms with Crippen LogP contribution in [0.15, 0.2) is 24.3 Å². The molecule has 4 nitrogen and oxygen atoms in total. The van der Waals surface area contributed by atoms with Gasteiger partial charge in [0, 0.05) is 43.2 Å². The molecule has 0 aliphatic carbocycles. The summed E-state index contributed by atoms with van der Waals surface area (Å²) in [7, 11) is 0. The van der Waals surface area contributed by atoms with Gasteiger partial charge in [-0.3, -0.25) is 9.59 Å².